The lowest BCUT2D eigenvalue weighted by molar-refractivity contribution is -0.143. The minimum Gasteiger partial charge on any atom is -0.508 e. The number of aromatic amines is 1. The summed E-state index contributed by atoms with van der Waals surface area (Å²) in [5, 5.41) is 35.4. The summed E-state index contributed by atoms with van der Waals surface area (Å²) in [5.41, 5.74) is 17.6. The monoisotopic (exact) mass is 589 g/mol. The number of aliphatic imine (C=N–C) groups is 1. The number of hydrogen-bond acceptors (Lipinski definition) is 9. The van der Waals surface area contributed by atoms with Crippen molar-refractivity contribution in [2.24, 2.45) is 22.2 Å². The minimum atomic E-state index is -1.69. The van der Waals surface area contributed by atoms with E-state index in [-0.39, 0.29) is 43.9 Å². The number of nitrogens with one attached hydrogen (secondary N) is 4. The summed E-state index contributed by atoms with van der Waals surface area (Å²) in [5.74, 6) is -5.76. The van der Waals surface area contributed by atoms with Crippen LogP contribution in [0.15, 0.2) is 41.8 Å². The number of phenolic OH excluding ortho intramolecular Hbond substituents is 1. The van der Waals surface area contributed by atoms with Crippen molar-refractivity contribution >= 4 is 35.6 Å². The van der Waals surface area contributed by atoms with Crippen LogP contribution in [-0.2, 0) is 36.8 Å². The highest BCUT2D eigenvalue weighted by Gasteiger charge is 2.31. The van der Waals surface area contributed by atoms with Crippen LogP contribution in [0.3, 0.4) is 0 Å². The highest BCUT2D eigenvalue weighted by Crippen LogP contribution is 2.12. The van der Waals surface area contributed by atoms with Crippen molar-refractivity contribution in [3.05, 3.63) is 48.0 Å². The molecule has 1 aromatic carbocycles. The van der Waals surface area contributed by atoms with Crippen molar-refractivity contribution < 1.29 is 39.3 Å². The molecule has 0 aliphatic carbocycles. The number of carbonyl (C=O) groups is 5. The Bertz CT molecular complexity index is 1250. The molecule has 0 saturated heterocycles. The number of carbonyl (C=O) groups excluding carboxylic acids is 3. The summed E-state index contributed by atoms with van der Waals surface area (Å²) in [7, 11) is 0. The lowest BCUT2D eigenvalue weighted by Crippen LogP contribution is -2.57. The molecule has 17 nitrogen and oxygen atoms in total. The largest absolute Gasteiger partial charge is 0.508 e. The van der Waals surface area contributed by atoms with Crippen molar-refractivity contribution in [3.63, 3.8) is 0 Å². The van der Waals surface area contributed by atoms with Crippen LogP contribution in [0.2, 0.25) is 0 Å². The molecule has 42 heavy (non-hydrogen) atoms. The number of aromatic hydroxyl groups is 1. The molecule has 228 valence electrons. The van der Waals surface area contributed by atoms with Gasteiger partial charge in [0.1, 0.15) is 23.9 Å². The Hall–Kier alpha value is -5.19. The fourth-order valence-corrected chi connectivity index (χ4v) is 3.77. The lowest BCUT2D eigenvalue weighted by atomic mass is 10.0. The van der Waals surface area contributed by atoms with Crippen molar-refractivity contribution in [2.75, 3.05) is 6.54 Å². The zero-order valence-electron chi connectivity index (χ0n) is 22.5. The molecule has 0 aliphatic rings. The first kappa shape index (κ1) is 33.0. The van der Waals surface area contributed by atoms with Gasteiger partial charge in [0.2, 0.25) is 17.7 Å². The first-order valence-electron chi connectivity index (χ1n) is 12.8. The molecule has 4 atom stereocenters. The molecule has 3 amide bonds. The predicted molar refractivity (Wildman–Crippen MR) is 148 cm³/mol. The Morgan fingerprint density at radius 1 is 0.905 bits per heavy atom. The summed E-state index contributed by atoms with van der Waals surface area (Å²) in [4.78, 5) is 72.7. The van der Waals surface area contributed by atoms with Crippen LogP contribution in [0.25, 0.3) is 0 Å². The Kier molecular flexibility index (Phi) is 12.7. The normalized spacial score (nSPS) is 13.5. The van der Waals surface area contributed by atoms with E-state index in [9.17, 15) is 39.3 Å². The molecule has 1 heterocycles. The van der Waals surface area contributed by atoms with Gasteiger partial charge >= 0.3 is 11.9 Å². The number of phenols is 1. The topological polar surface area (TPSA) is 301 Å². The van der Waals surface area contributed by atoms with Gasteiger partial charge < -0.3 is 53.5 Å². The van der Waals surface area contributed by atoms with Crippen LogP contribution in [0, 0.1) is 0 Å². The molecule has 4 unspecified atom stereocenters. The van der Waals surface area contributed by atoms with Gasteiger partial charge in [-0.05, 0) is 30.5 Å². The highest BCUT2D eigenvalue weighted by atomic mass is 16.4. The third-order valence-corrected chi connectivity index (χ3v) is 5.91. The average Bonchev–Trinajstić information content (AvgIpc) is 3.43. The summed E-state index contributed by atoms with van der Waals surface area (Å²) in [6.45, 7) is 0.110. The van der Waals surface area contributed by atoms with Gasteiger partial charge in [-0.2, -0.15) is 0 Å². The molecule has 0 fully saturated rings. The summed E-state index contributed by atoms with van der Waals surface area (Å²) in [6.07, 6.45) is 2.11. The molecule has 0 aliphatic heterocycles. The van der Waals surface area contributed by atoms with Crippen LogP contribution in [0.1, 0.15) is 30.5 Å². The number of nitrogens with two attached hydrogens (primary N) is 3. The maximum absolute atomic E-state index is 13.2. The number of imidazole rings is 1. The molecule has 17 heteroatoms. The lowest BCUT2D eigenvalue weighted by Gasteiger charge is -2.24. The van der Waals surface area contributed by atoms with E-state index in [1.165, 1.54) is 36.8 Å². The smallest absolute Gasteiger partial charge is 0.326 e. The van der Waals surface area contributed by atoms with Gasteiger partial charge in [0, 0.05) is 31.3 Å². The number of guanidine groups is 1. The van der Waals surface area contributed by atoms with Gasteiger partial charge in [0.25, 0.3) is 0 Å². The number of hydrogen-bond donors (Lipinski definition) is 10. The number of rotatable bonds is 17. The van der Waals surface area contributed by atoms with Crippen molar-refractivity contribution in [2.45, 2.75) is 56.3 Å². The van der Waals surface area contributed by atoms with E-state index in [1.54, 1.807) is 0 Å². The van der Waals surface area contributed by atoms with E-state index >= 15 is 0 Å². The standard InChI is InChI=1S/C25H35N9O8/c26-16(9-14-11-29-12-31-14)21(38)32-17(2-1-7-30-25(27)28)22(39)33-18(10-20(36)37)23(40)34-19(24(41)42)8-13-3-5-15(35)6-4-13/h3-6,11-12,16-19,35H,1-2,7-10,26H2,(H,29,31)(H,32,38)(H,33,39)(H,34,40)(H,36,37)(H,41,42)(H4,27,28,30). The number of H-pyrrole nitrogens is 1. The van der Waals surface area contributed by atoms with Crippen LogP contribution >= 0.6 is 0 Å². The van der Waals surface area contributed by atoms with Crippen LogP contribution in [0.5, 0.6) is 5.75 Å². The van der Waals surface area contributed by atoms with Gasteiger partial charge in [-0.15, -0.1) is 0 Å². The molecule has 0 spiro atoms. The predicted octanol–water partition coefficient (Wildman–Crippen LogP) is -2.70. The molecule has 1 aromatic heterocycles. The second kappa shape index (κ2) is 16.2. The van der Waals surface area contributed by atoms with Gasteiger partial charge in [-0.25, -0.2) is 9.78 Å². The van der Waals surface area contributed by atoms with Gasteiger partial charge in [0.15, 0.2) is 5.96 Å². The zero-order chi connectivity index (χ0) is 31.2. The zero-order valence-corrected chi connectivity index (χ0v) is 22.5. The molecule has 2 rings (SSSR count). The number of carboxylic acids is 2. The van der Waals surface area contributed by atoms with Crippen LogP contribution < -0.4 is 33.2 Å². The second-order valence-corrected chi connectivity index (χ2v) is 9.33. The first-order chi connectivity index (χ1) is 19.8. The first-order valence-corrected chi connectivity index (χ1v) is 12.8. The summed E-state index contributed by atoms with van der Waals surface area (Å²) < 4.78 is 0. The Morgan fingerprint density at radius 3 is 2.10 bits per heavy atom. The number of carboxylic acid groups (broad SMARTS) is 2. The van der Waals surface area contributed by atoms with Crippen LogP contribution in [-0.4, -0.2) is 91.6 Å². The van der Waals surface area contributed by atoms with E-state index in [0.29, 0.717) is 11.3 Å². The van der Waals surface area contributed by atoms with E-state index in [0.717, 1.165) is 0 Å². The summed E-state index contributed by atoms with van der Waals surface area (Å²) in [6, 6.07) is 0.0844. The minimum absolute atomic E-state index is 0.00878. The van der Waals surface area contributed by atoms with Gasteiger partial charge in [-0.1, -0.05) is 12.1 Å². The maximum Gasteiger partial charge on any atom is 0.326 e. The third kappa shape index (κ3) is 11.5. The van der Waals surface area contributed by atoms with E-state index in [1.807, 2.05) is 0 Å². The molecular weight excluding hydrogens is 554 g/mol. The highest BCUT2D eigenvalue weighted by molar-refractivity contribution is 5.95. The summed E-state index contributed by atoms with van der Waals surface area (Å²) >= 11 is 0. The molecule has 0 bridgehead atoms. The number of aliphatic carboxylic acids is 2. The average molecular weight is 590 g/mol. The molecule has 0 saturated carbocycles. The van der Waals surface area contributed by atoms with Crippen molar-refractivity contribution in [1.29, 1.82) is 0 Å². The maximum atomic E-state index is 13.2. The number of amides is 3. The van der Waals surface area contributed by atoms with Crippen molar-refractivity contribution in [1.82, 2.24) is 25.9 Å². The fraction of sp³-hybridized carbons (Fsp3) is 0.400. The van der Waals surface area contributed by atoms with Crippen LogP contribution in [0.4, 0.5) is 0 Å². The van der Waals surface area contributed by atoms with Gasteiger partial charge in [-0.3, -0.25) is 24.2 Å². The number of nitrogens with zero attached hydrogens (tertiary/aromatic N) is 2. The molecule has 13 N–H and O–H groups in total. The van der Waals surface area contributed by atoms with E-state index < -0.39 is 60.2 Å². The SMILES string of the molecule is NC(N)=NCCCC(NC(=O)C(N)Cc1cnc[nH]1)C(=O)NC(CC(=O)O)C(=O)NC(Cc1ccc(O)cc1)C(=O)O. The molecule has 0 radical (unpaired) electrons. The quantitative estimate of drug-likeness (QED) is 0.0512. The molecule has 2 aromatic rings. The molecular formula is C25H35N9O8. The Labute approximate surface area is 240 Å². The second-order valence-electron chi connectivity index (χ2n) is 9.33. The Morgan fingerprint density at radius 2 is 1.52 bits per heavy atom. The van der Waals surface area contributed by atoms with Gasteiger partial charge in [0.05, 0.1) is 18.8 Å². The number of benzene rings is 1. The third-order valence-electron chi connectivity index (χ3n) is 5.91. The van der Waals surface area contributed by atoms with E-state index in [2.05, 4.69) is 30.9 Å². The van der Waals surface area contributed by atoms with Crippen molar-refractivity contribution in [3.8, 4) is 5.75 Å². The fourth-order valence-electron chi connectivity index (χ4n) is 3.77. The Balaban J connectivity index is 2.16. The number of aromatic nitrogens is 2. The van der Waals surface area contributed by atoms with E-state index in [4.69, 9.17) is 17.2 Å².